The van der Waals surface area contributed by atoms with Crippen molar-refractivity contribution < 1.29 is 4.79 Å². The maximum Gasteiger partial charge on any atom is 0.219 e. The first kappa shape index (κ1) is 12.6. The molecule has 0 bridgehead atoms. The first-order valence-corrected chi connectivity index (χ1v) is 6.73. The van der Waals surface area contributed by atoms with Gasteiger partial charge in [-0.1, -0.05) is 12.2 Å². The molecule has 0 unspecified atom stereocenters. The summed E-state index contributed by atoms with van der Waals surface area (Å²) in [6, 6.07) is 1.09. The van der Waals surface area contributed by atoms with Crippen molar-refractivity contribution in [1.29, 1.82) is 0 Å². The normalized spacial score (nSPS) is 24.9. The van der Waals surface area contributed by atoms with Gasteiger partial charge in [0.25, 0.3) is 0 Å². The zero-order valence-electron chi connectivity index (χ0n) is 11.1. The molecule has 96 valence electrons. The highest BCUT2D eigenvalue weighted by molar-refractivity contribution is 5.74. The third-order valence-electron chi connectivity index (χ3n) is 3.77. The summed E-state index contributed by atoms with van der Waals surface area (Å²) >= 11 is 0. The second kappa shape index (κ2) is 5.21. The summed E-state index contributed by atoms with van der Waals surface area (Å²) in [4.78, 5) is 16.2. The molecule has 1 amide bonds. The lowest BCUT2D eigenvalue weighted by Gasteiger charge is -2.30. The predicted octanol–water partition coefficient (Wildman–Crippen LogP) is 2.04. The Morgan fingerprint density at radius 3 is 2.59 bits per heavy atom. The van der Waals surface area contributed by atoms with Crippen LogP contribution in [0, 0.1) is 0 Å². The molecule has 1 atom stereocenters. The second-order valence-corrected chi connectivity index (χ2v) is 5.63. The summed E-state index contributed by atoms with van der Waals surface area (Å²) in [5, 5.41) is 0. The Hall–Kier alpha value is -0.830. The number of hydrogen-bond acceptors (Lipinski definition) is 2. The van der Waals surface area contributed by atoms with E-state index in [9.17, 15) is 4.79 Å². The summed E-state index contributed by atoms with van der Waals surface area (Å²) in [5.41, 5.74) is 1.22. The quantitative estimate of drug-likeness (QED) is 0.682. The van der Waals surface area contributed by atoms with E-state index in [1.54, 1.807) is 6.92 Å². The molecule has 2 aliphatic rings. The van der Waals surface area contributed by atoms with Gasteiger partial charge in [0, 0.05) is 32.1 Å². The monoisotopic (exact) mass is 236 g/mol. The maximum absolute atomic E-state index is 11.6. The lowest BCUT2D eigenvalue weighted by atomic mass is 10.2. The molecule has 1 heterocycles. The first-order valence-electron chi connectivity index (χ1n) is 6.73. The number of rotatable bonds is 5. The van der Waals surface area contributed by atoms with Gasteiger partial charge < -0.3 is 4.90 Å². The number of amides is 1. The Labute approximate surface area is 104 Å². The van der Waals surface area contributed by atoms with Gasteiger partial charge in [-0.2, -0.15) is 0 Å². The molecule has 1 saturated carbocycles. The van der Waals surface area contributed by atoms with Crippen LogP contribution in [-0.2, 0) is 4.79 Å². The molecule has 3 heteroatoms. The molecule has 0 radical (unpaired) electrons. The zero-order chi connectivity index (χ0) is 12.4. The molecule has 0 N–H and O–H groups in total. The number of nitrogens with zero attached hydrogens (tertiary/aromatic N) is 2. The molecular formula is C14H24N2O. The third kappa shape index (κ3) is 3.32. The van der Waals surface area contributed by atoms with Crippen molar-refractivity contribution in [3.63, 3.8) is 0 Å². The average molecular weight is 236 g/mol. The second-order valence-electron chi connectivity index (χ2n) is 5.63. The molecule has 3 nitrogen and oxygen atoms in total. The van der Waals surface area contributed by atoms with E-state index in [0.29, 0.717) is 12.1 Å². The molecule has 0 aromatic rings. The lowest BCUT2D eigenvalue weighted by Crippen LogP contribution is -2.43. The van der Waals surface area contributed by atoms with Gasteiger partial charge in [0.05, 0.1) is 0 Å². The van der Waals surface area contributed by atoms with Crippen LogP contribution in [0.3, 0.4) is 0 Å². The largest absolute Gasteiger partial charge is 0.338 e. The smallest absolute Gasteiger partial charge is 0.219 e. The molecule has 1 saturated heterocycles. The minimum absolute atomic E-state index is 0.245. The predicted molar refractivity (Wildman–Crippen MR) is 69.8 cm³/mol. The van der Waals surface area contributed by atoms with E-state index in [0.717, 1.165) is 19.6 Å². The van der Waals surface area contributed by atoms with E-state index in [4.69, 9.17) is 0 Å². The van der Waals surface area contributed by atoms with E-state index in [-0.39, 0.29) is 5.91 Å². The highest BCUT2D eigenvalue weighted by atomic mass is 16.2. The van der Waals surface area contributed by atoms with Gasteiger partial charge in [-0.3, -0.25) is 9.69 Å². The average Bonchev–Trinajstić information content (AvgIpc) is 2.97. The van der Waals surface area contributed by atoms with Crippen LogP contribution in [0.2, 0.25) is 0 Å². The summed E-state index contributed by atoms with van der Waals surface area (Å²) in [6.07, 6.45) is 4.89. The Morgan fingerprint density at radius 1 is 1.35 bits per heavy atom. The fourth-order valence-corrected chi connectivity index (χ4v) is 2.80. The van der Waals surface area contributed by atoms with Crippen molar-refractivity contribution in [3.05, 3.63) is 12.2 Å². The van der Waals surface area contributed by atoms with Crippen molar-refractivity contribution >= 4 is 5.91 Å². The van der Waals surface area contributed by atoms with E-state index >= 15 is 0 Å². The van der Waals surface area contributed by atoms with Crippen LogP contribution in [0.5, 0.6) is 0 Å². The Morgan fingerprint density at radius 2 is 2.06 bits per heavy atom. The highest BCUT2D eigenvalue weighted by Crippen LogP contribution is 2.29. The van der Waals surface area contributed by atoms with Gasteiger partial charge in [-0.25, -0.2) is 0 Å². The molecule has 0 aromatic carbocycles. The number of hydrogen-bond donors (Lipinski definition) is 0. The van der Waals surface area contributed by atoms with Crippen molar-refractivity contribution in [3.8, 4) is 0 Å². The Balaban J connectivity index is 1.91. The molecule has 2 rings (SSSR count). The van der Waals surface area contributed by atoms with E-state index in [1.807, 2.05) is 0 Å². The number of likely N-dealkylation sites (tertiary alicyclic amines) is 1. The van der Waals surface area contributed by atoms with Crippen molar-refractivity contribution in [1.82, 2.24) is 9.80 Å². The first-order chi connectivity index (χ1) is 8.08. The molecular weight excluding hydrogens is 212 g/mol. The zero-order valence-corrected chi connectivity index (χ0v) is 11.1. The molecule has 0 spiro atoms. The number of carbonyl (C=O) groups excluding carboxylic acids is 1. The van der Waals surface area contributed by atoms with Crippen LogP contribution >= 0.6 is 0 Å². The molecule has 1 aliphatic heterocycles. The summed E-state index contributed by atoms with van der Waals surface area (Å²) in [7, 11) is 0. The minimum atomic E-state index is 0.245. The fraction of sp³-hybridized carbons (Fsp3) is 0.786. The SMILES string of the molecule is C=C(C)CN1CCC[C@@H]1CN(C(C)=O)C1CC1. The molecule has 17 heavy (non-hydrogen) atoms. The van der Waals surface area contributed by atoms with Gasteiger partial charge in [0.2, 0.25) is 5.91 Å². The van der Waals surface area contributed by atoms with E-state index in [2.05, 4.69) is 23.3 Å². The van der Waals surface area contributed by atoms with Crippen molar-refractivity contribution in [2.24, 2.45) is 0 Å². The topological polar surface area (TPSA) is 23.6 Å². The standard InChI is InChI=1S/C14H24N2O/c1-11(2)9-15-8-4-5-14(15)10-16(12(3)17)13-6-7-13/h13-14H,1,4-10H2,2-3H3/t14-/m1/s1. The highest BCUT2D eigenvalue weighted by Gasteiger charge is 2.34. The van der Waals surface area contributed by atoms with Crippen LogP contribution < -0.4 is 0 Å². The van der Waals surface area contributed by atoms with Gasteiger partial charge in [-0.05, 0) is 39.2 Å². The van der Waals surface area contributed by atoms with Crippen molar-refractivity contribution in [2.45, 2.75) is 51.6 Å². The summed E-state index contributed by atoms with van der Waals surface area (Å²) < 4.78 is 0. The van der Waals surface area contributed by atoms with Gasteiger partial charge in [-0.15, -0.1) is 0 Å². The van der Waals surface area contributed by atoms with Crippen LogP contribution in [0.15, 0.2) is 12.2 Å². The molecule has 1 aliphatic carbocycles. The fourth-order valence-electron chi connectivity index (χ4n) is 2.80. The van der Waals surface area contributed by atoms with Crippen LogP contribution in [0.4, 0.5) is 0 Å². The third-order valence-corrected chi connectivity index (χ3v) is 3.77. The van der Waals surface area contributed by atoms with Gasteiger partial charge >= 0.3 is 0 Å². The van der Waals surface area contributed by atoms with E-state index < -0.39 is 0 Å². The van der Waals surface area contributed by atoms with Gasteiger partial charge in [0.15, 0.2) is 0 Å². The number of carbonyl (C=O) groups is 1. The molecule has 0 aromatic heterocycles. The van der Waals surface area contributed by atoms with Crippen LogP contribution in [0.1, 0.15) is 39.5 Å². The van der Waals surface area contributed by atoms with Gasteiger partial charge in [0.1, 0.15) is 0 Å². The van der Waals surface area contributed by atoms with Crippen LogP contribution in [-0.4, -0.2) is 47.4 Å². The minimum Gasteiger partial charge on any atom is -0.338 e. The van der Waals surface area contributed by atoms with Crippen LogP contribution in [0.25, 0.3) is 0 Å². The summed E-state index contributed by atoms with van der Waals surface area (Å²) in [6.45, 7) is 10.9. The maximum atomic E-state index is 11.6. The Kier molecular flexibility index (Phi) is 3.87. The van der Waals surface area contributed by atoms with Crippen molar-refractivity contribution in [2.75, 3.05) is 19.6 Å². The molecule has 2 fully saturated rings. The summed E-state index contributed by atoms with van der Waals surface area (Å²) in [5.74, 6) is 0.245. The van der Waals surface area contributed by atoms with E-state index in [1.165, 1.54) is 31.3 Å². The Bertz CT molecular complexity index is 309. The lowest BCUT2D eigenvalue weighted by molar-refractivity contribution is -0.130.